The van der Waals surface area contributed by atoms with Gasteiger partial charge in [0.2, 0.25) is 5.84 Å². The lowest BCUT2D eigenvalue weighted by atomic mass is 10.0. The first-order chi connectivity index (χ1) is 14.3. The van der Waals surface area contributed by atoms with E-state index in [1.165, 1.54) is 6.07 Å². The lowest BCUT2D eigenvalue weighted by Gasteiger charge is -2.20. The highest BCUT2D eigenvalue weighted by atomic mass is 19.4. The number of halogens is 3. The summed E-state index contributed by atoms with van der Waals surface area (Å²) in [6, 6.07) is 4.98. The molecule has 1 amide bonds. The van der Waals surface area contributed by atoms with Gasteiger partial charge in [0, 0.05) is 31.9 Å². The maximum atomic E-state index is 13.1. The standard InChI is InChI=1S/C21H19F3N4O2/c22-21(23,24)18-9-16(4-3-13(18)10-25)30-17-7-14-11-28(12-15(14)8-17)20(29)19-26-5-1-2-6-27-19/h1,3-6,9,14-15,17H,2,7-8,11-12H2. The quantitative estimate of drug-likeness (QED) is 0.756. The number of likely N-dealkylation sites (tertiary alicyclic amines) is 1. The largest absolute Gasteiger partial charge is 0.490 e. The third-order valence-corrected chi connectivity index (χ3v) is 5.66. The number of hydrogen-bond donors (Lipinski definition) is 0. The minimum atomic E-state index is -4.62. The molecular weight excluding hydrogens is 397 g/mol. The summed E-state index contributed by atoms with van der Waals surface area (Å²) in [4.78, 5) is 22.6. The second-order valence-electron chi connectivity index (χ2n) is 7.64. The van der Waals surface area contributed by atoms with Crippen molar-refractivity contribution in [3.8, 4) is 11.8 Å². The van der Waals surface area contributed by atoms with Crippen LogP contribution in [0.2, 0.25) is 0 Å². The Bertz CT molecular complexity index is 963. The molecule has 1 aliphatic carbocycles. The van der Waals surface area contributed by atoms with Gasteiger partial charge in [-0.15, -0.1) is 0 Å². The van der Waals surface area contributed by atoms with Crippen LogP contribution in [0, 0.1) is 23.2 Å². The smallest absolute Gasteiger partial charge is 0.417 e. The molecule has 3 aliphatic rings. The van der Waals surface area contributed by atoms with E-state index in [-0.39, 0.29) is 35.4 Å². The van der Waals surface area contributed by atoms with E-state index in [1.54, 1.807) is 23.4 Å². The number of amides is 1. The Balaban J connectivity index is 1.38. The van der Waals surface area contributed by atoms with Gasteiger partial charge in [0.1, 0.15) is 5.75 Å². The number of ether oxygens (including phenoxy) is 1. The monoisotopic (exact) mass is 416 g/mol. The molecule has 2 fully saturated rings. The Kier molecular flexibility index (Phi) is 5.33. The summed E-state index contributed by atoms with van der Waals surface area (Å²) in [6.45, 7) is 1.12. The van der Waals surface area contributed by atoms with Crippen molar-refractivity contribution in [1.82, 2.24) is 4.90 Å². The lowest BCUT2D eigenvalue weighted by Crippen LogP contribution is -2.35. The summed E-state index contributed by atoms with van der Waals surface area (Å²) in [7, 11) is 0. The SMILES string of the molecule is N#Cc1ccc(OC2CC3CN(C(=O)C4=NC=CCC=N4)CC3C2)cc1C(F)(F)F. The van der Waals surface area contributed by atoms with Crippen LogP contribution >= 0.6 is 0 Å². The number of hydrogen-bond acceptors (Lipinski definition) is 5. The molecule has 0 aromatic heterocycles. The van der Waals surface area contributed by atoms with Crippen molar-refractivity contribution < 1.29 is 22.7 Å². The van der Waals surface area contributed by atoms with E-state index >= 15 is 0 Å². The fourth-order valence-corrected chi connectivity index (χ4v) is 4.30. The Labute approximate surface area is 171 Å². The number of nitriles is 1. The Morgan fingerprint density at radius 2 is 1.97 bits per heavy atom. The number of carbonyl (C=O) groups is 1. The molecule has 0 N–H and O–H groups in total. The molecule has 1 aromatic rings. The number of carbonyl (C=O) groups excluding carboxylic acids is 1. The van der Waals surface area contributed by atoms with Crippen LogP contribution < -0.4 is 4.74 Å². The molecule has 1 saturated heterocycles. The molecule has 1 aromatic carbocycles. The summed E-state index contributed by atoms with van der Waals surface area (Å²) >= 11 is 0. The fourth-order valence-electron chi connectivity index (χ4n) is 4.30. The molecule has 9 heteroatoms. The van der Waals surface area contributed by atoms with Crippen molar-refractivity contribution in [2.24, 2.45) is 21.8 Å². The Hall–Kier alpha value is -3.15. The molecule has 2 aliphatic heterocycles. The van der Waals surface area contributed by atoms with Gasteiger partial charge in [0.25, 0.3) is 5.91 Å². The topological polar surface area (TPSA) is 78.0 Å². The fraction of sp³-hybridized carbons (Fsp3) is 0.429. The first-order valence-electron chi connectivity index (χ1n) is 9.67. The van der Waals surface area contributed by atoms with E-state index in [4.69, 9.17) is 10.00 Å². The molecule has 6 nitrogen and oxygen atoms in total. The normalized spacial score (nSPS) is 25.5. The van der Waals surface area contributed by atoms with Gasteiger partial charge in [-0.05, 0) is 42.9 Å². The van der Waals surface area contributed by atoms with Gasteiger partial charge in [0.15, 0.2) is 0 Å². The molecule has 4 rings (SSSR count). The number of amidine groups is 1. The summed E-state index contributed by atoms with van der Waals surface area (Å²) in [5, 5.41) is 8.90. The summed E-state index contributed by atoms with van der Waals surface area (Å²) < 4.78 is 45.2. The van der Waals surface area contributed by atoms with E-state index in [0.29, 0.717) is 32.4 Å². The van der Waals surface area contributed by atoms with Crippen molar-refractivity contribution in [2.45, 2.75) is 31.5 Å². The van der Waals surface area contributed by atoms with Crippen LogP contribution in [0.15, 0.2) is 40.5 Å². The Morgan fingerprint density at radius 1 is 1.23 bits per heavy atom. The molecule has 156 valence electrons. The van der Waals surface area contributed by atoms with E-state index in [0.717, 1.165) is 12.1 Å². The highest BCUT2D eigenvalue weighted by molar-refractivity contribution is 6.39. The predicted molar refractivity (Wildman–Crippen MR) is 103 cm³/mol. The van der Waals surface area contributed by atoms with E-state index in [2.05, 4.69) is 9.98 Å². The third-order valence-electron chi connectivity index (χ3n) is 5.66. The molecular formula is C21H19F3N4O2. The number of nitrogens with zero attached hydrogens (tertiary/aromatic N) is 4. The zero-order valence-corrected chi connectivity index (χ0v) is 16.0. The minimum Gasteiger partial charge on any atom is -0.490 e. The number of alkyl halides is 3. The van der Waals surface area contributed by atoms with Crippen molar-refractivity contribution in [3.05, 3.63) is 41.6 Å². The maximum Gasteiger partial charge on any atom is 0.417 e. The molecule has 0 spiro atoms. The molecule has 2 unspecified atom stereocenters. The van der Waals surface area contributed by atoms with Crippen molar-refractivity contribution >= 4 is 18.0 Å². The van der Waals surface area contributed by atoms with Crippen LogP contribution in [0.5, 0.6) is 5.75 Å². The van der Waals surface area contributed by atoms with E-state index in [1.807, 2.05) is 6.08 Å². The van der Waals surface area contributed by atoms with Gasteiger partial charge in [-0.3, -0.25) is 4.79 Å². The zero-order valence-electron chi connectivity index (χ0n) is 16.0. The van der Waals surface area contributed by atoms with Crippen LogP contribution in [0.25, 0.3) is 0 Å². The van der Waals surface area contributed by atoms with Crippen molar-refractivity contribution in [2.75, 3.05) is 13.1 Å². The van der Waals surface area contributed by atoms with Crippen molar-refractivity contribution in [3.63, 3.8) is 0 Å². The average Bonchev–Trinajstić information content (AvgIpc) is 3.13. The first-order valence-corrected chi connectivity index (χ1v) is 9.67. The molecule has 0 bridgehead atoms. The number of benzene rings is 1. The van der Waals surface area contributed by atoms with Crippen LogP contribution in [0.3, 0.4) is 0 Å². The van der Waals surface area contributed by atoms with E-state index < -0.39 is 17.3 Å². The number of aliphatic imine (C=N–C) groups is 2. The van der Waals surface area contributed by atoms with Gasteiger partial charge >= 0.3 is 6.18 Å². The van der Waals surface area contributed by atoms with Gasteiger partial charge in [-0.25, -0.2) is 9.98 Å². The highest BCUT2D eigenvalue weighted by Gasteiger charge is 2.44. The number of fused-ring (bicyclic) bond motifs is 1. The molecule has 0 radical (unpaired) electrons. The Morgan fingerprint density at radius 3 is 2.63 bits per heavy atom. The zero-order chi connectivity index (χ0) is 21.3. The van der Waals surface area contributed by atoms with Gasteiger partial charge in [-0.1, -0.05) is 6.08 Å². The second-order valence-corrected chi connectivity index (χ2v) is 7.64. The van der Waals surface area contributed by atoms with Crippen LogP contribution in [0.1, 0.15) is 30.4 Å². The first kappa shape index (κ1) is 20.1. The van der Waals surface area contributed by atoms with E-state index in [9.17, 15) is 18.0 Å². The van der Waals surface area contributed by atoms with Crippen molar-refractivity contribution in [1.29, 1.82) is 5.26 Å². The van der Waals surface area contributed by atoms with Gasteiger partial charge in [0.05, 0.1) is 23.3 Å². The number of rotatable bonds is 3. The third kappa shape index (κ3) is 4.08. The summed E-state index contributed by atoms with van der Waals surface area (Å²) in [5.74, 6) is 0.532. The molecule has 30 heavy (non-hydrogen) atoms. The second kappa shape index (κ2) is 7.94. The maximum absolute atomic E-state index is 13.1. The predicted octanol–water partition coefficient (Wildman–Crippen LogP) is 3.58. The molecule has 2 atom stereocenters. The molecule has 2 heterocycles. The van der Waals surface area contributed by atoms with Crippen LogP contribution in [-0.2, 0) is 11.0 Å². The summed E-state index contributed by atoms with van der Waals surface area (Å²) in [5.41, 5.74) is -1.41. The minimum absolute atomic E-state index is 0.105. The van der Waals surface area contributed by atoms with Crippen LogP contribution in [-0.4, -0.2) is 42.1 Å². The van der Waals surface area contributed by atoms with Gasteiger partial charge < -0.3 is 9.64 Å². The lowest BCUT2D eigenvalue weighted by molar-refractivity contribution is -0.138. The number of allylic oxidation sites excluding steroid dienone is 1. The van der Waals surface area contributed by atoms with Gasteiger partial charge in [-0.2, -0.15) is 18.4 Å². The highest BCUT2D eigenvalue weighted by Crippen LogP contribution is 2.41. The average molecular weight is 416 g/mol. The summed E-state index contributed by atoms with van der Waals surface area (Å²) in [6.07, 6.45) is 2.16. The van der Waals surface area contributed by atoms with Crippen LogP contribution in [0.4, 0.5) is 13.2 Å². The molecule has 1 saturated carbocycles.